The molecule has 1 saturated heterocycles. The van der Waals surface area contributed by atoms with Gasteiger partial charge < -0.3 is 29.6 Å². The standard InChI is InChI=1S/C23H27ClN6O4/c1-14(2)34-18-10-15(31-8-7-30-5-3-25-4-6-30)9-17-19(18)22(28-12-27-17)29-20-16(24)11-26-23-21(20)32-13-33-23/h9-12,14,25H,3-8,13H2,1-2H3,(H,26,27,28,29). The molecule has 2 aliphatic rings. The second-order valence-electron chi connectivity index (χ2n) is 8.29. The summed E-state index contributed by atoms with van der Waals surface area (Å²) in [7, 11) is 0. The number of hydrogen-bond acceptors (Lipinski definition) is 10. The van der Waals surface area contributed by atoms with Gasteiger partial charge in [0.2, 0.25) is 12.5 Å². The number of ether oxygens (including phenoxy) is 4. The zero-order valence-corrected chi connectivity index (χ0v) is 19.9. The highest BCUT2D eigenvalue weighted by molar-refractivity contribution is 6.33. The zero-order chi connectivity index (χ0) is 23.5. The lowest BCUT2D eigenvalue weighted by Crippen LogP contribution is -2.44. The maximum atomic E-state index is 6.42. The number of anilines is 2. The second-order valence-corrected chi connectivity index (χ2v) is 8.70. The van der Waals surface area contributed by atoms with E-state index in [9.17, 15) is 0 Å². The summed E-state index contributed by atoms with van der Waals surface area (Å²) in [6, 6.07) is 3.78. The average molecular weight is 487 g/mol. The van der Waals surface area contributed by atoms with Gasteiger partial charge in [-0.3, -0.25) is 4.90 Å². The van der Waals surface area contributed by atoms with E-state index in [0.29, 0.717) is 57.2 Å². The molecule has 0 saturated carbocycles. The fraction of sp³-hybridized carbons (Fsp3) is 0.435. The molecule has 5 rings (SSSR count). The van der Waals surface area contributed by atoms with Crippen molar-refractivity contribution in [3.8, 4) is 23.1 Å². The van der Waals surface area contributed by atoms with Crippen LogP contribution in [0.5, 0.6) is 23.1 Å². The van der Waals surface area contributed by atoms with Crippen LogP contribution in [0.25, 0.3) is 10.9 Å². The molecule has 1 aromatic carbocycles. The number of aromatic nitrogens is 3. The van der Waals surface area contributed by atoms with E-state index in [1.54, 1.807) is 0 Å². The molecule has 3 aromatic rings. The van der Waals surface area contributed by atoms with E-state index in [1.165, 1.54) is 12.5 Å². The molecule has 0 bridgehead atoms. The third kappa shape index (κ3) is 4.89. The number of pyridine rings is 1. The normalized spacial score (nSPS) is 15.6. The minimum absolute atomic E-state index is 0.0575. The molecule has 2 aliphatic heterocycles. The summed E-state index contributed by atoms with van der Waals surface area (Å²) >= 11 is 6.42. The Morgan fingerprint density at radius 1 is 1.18 bits per heavy atom. The Labute approximate surface area is 202 Å². The SMILES string of the molecule is CC(C)Oc1cc(OCCN2CCNCC2)cc2ncnc(Nc3c(Cl)cnc4c3OCO4)c12. The van der Waals surface area contributed by atoms with Crippen molar-refractivity contribution in [3.63, 3.8) is 0 Å². The van der Waals surface area contributed by atoms with E-state index in [1.807, 2.05) is 26.0 Å². The Kier molecular flexibility index (Phi) is 6.70. The van der Waals surface area contributed by atoms with E-state index in [0.717, 1.165) is 32.7 Å². The Morgan fingerprint density at radius 2 is 2.03 bits per heavy atom. The monoisotopic (exact) mass is 486 g/mol. The van der Waals surface area contributed by atoms with Gasteiger partial charge in [-0.05, 0) is 13.8 Å². The van der Waals surface area contributed by atoms with Crippen molar-refractivity contribution in [2.75, 3.05) is 51.4 Å². The van der Waals surface area contributed by atoms with Gasteiger partial charge in [-0.2, -0.15) is 0 Å². The van der Waals surface area contributed by atoms with Crippen LogP contribution in [0, 0.1) is 0 Å². The van der Waals surface area contributed by atoms with Crippen LogP contribution in [-0.4, -0.2) is 72.1 Å². The molecule has 10 nitrogen and oxygen atoms in total. The van der Waals surface area contributed by atoms with Gasteiger partial charge in [0.1, 0.15) is 35.9 Å². The summed E-state index contributed by atoms with van der Waals surface area (Å²) in [4.78, 5) is 15.5. The molecule has 2 aromatic heterocycles. The van der Waals surface area contributed by atoms with Crippen LogP contribution >= 0.6 is 11.6 Å². The van der Waals surface area contributed by atoms with Crippen LogP contribution in [0.15, 0.2) is 24.7 Å². The highest BCUT2D eigenvalue weighted by Crippen LogP contribution is 2.44. The first-order valence-corrected chi connectivity index (χ1v) is 11.7. The lowest BCUT2D eigenvalue weighted by molar-refractivity contribution is 0.171. The van der Waals surface area contributed by atoms with Crippen LogP contribution in [0.4, 0.5) is 11.5 Å². The minimum atomic E-state index is -0.0575. The van der Waals surface area contributed by atoms with Gasteiger partial charge in [0.15, 0.2) is 0 Å². The van der Waals surface area contributed by atoms with Gasteiger partial charge in [-0.1, -0.05) is 11.6 Å². The largest absolute Gasteiger partial charge is 0.492 e. The first-order chi connectivity index (χ1) is 16.6. The van der Waals surface area contributed by atoms with Crippen molar-refractivity contribution >= 4 is 34.0 Å². The predicted octanol–water partition coefficient (Wildman–Crippen LogP) is 3.22. The molecule has 34 heavy (non-hydrogen) atoms. The smallest absolute Gasteiger partial charge is 0.262 e. The zero-order valence-electron chi connectivity index (χ0n) is 19.1. The molecular weight excluding hydrogens is 460 g/mol. The van der Waals surface area contributed by atoms with Crippen molar-refractivity contribution in [2.45, 2.75) is 20.0 Å². The van der Waals surface area contributed by atoms with Gasteiger partial charge in [0.25, 0.3) is 5.88 Å². The molecule has 180 valence electrons. The molecule has 0 unspecified atom stereocenters. The Bertz CT molecular complexity index is 1170. The number of hydrogen-bond donors (Lipinski definition) is 2. The molecule has 11 heteroatoms. The number of rotatable bonds is 8. The maximum Gasteiger partial charge on any atom is 0.262 e. The van der Waals surface area contributed by atoms with Crippen LogP contribution in [0.3, 0.4) is 0 Å². The molecule has 4 heterocycles. The molecule has 1 fully saturated rings. The van der Waals surface area contributed by atoms with Crippen LogP contribution in [0.1, 0.15) is 13.8 Å². The van der Waals surface area contributed by atoms with Gasteiger partial charge in [-0.25, -0.2) is 15.0 Å². The van der Waals surface area contributed by atoms with Crippen molar-refractivity contribution in [3.05, 3.63) is 29.7 Å². The second kappa shape index (κ2) is 10.0. The number of benzene rings is 1. The van der Waals surface area contributed by atoms with Gasteiger partial charge in [0.05, 0.1) is 28.2 Å². The van der Waals surface area contributed by atoms with Crippen LogP contribution in [0.2, 0.25) is 5.02 Å². The summed E-state index contributed by atoms with van der Waals surface area (Å²) in [5.41, 5.74) is 1.21. The summed E-state index contributed by atoms with van der Waals surface area (Å²) in [5, 5.41) is 7.73. The lowest BCUT2D eigenvalue weighted by Gasteiger charge is -2.27. The van der Waals surface area contributed by atoms with Gasteiger partial charge in [-0.15, -0.1) is 0 Å². The van der Waals surface area contributed by atoms with Crippen molar-refractivity contribution in [1.82, 2.24) is 25.2 Å². The molecule has 0 aliphatic carbocycles. The number of halogens is 1. The third-order valence-corrected chi connectivity index (χ3v) is 5.81. The van der Waals surface area contributed by atoms with Crippen molar-refractivity contribution in [1.29, 1.82) is 0 Å². The molecular formula is C23H27ClN6O4. The van der Waals surface area contributed by atoms with Gasteiger partial charge in [0, 0.05) is 44.9 Å². The van der Waals surface area contributed by atoms with E-state index >= 15 is 0 Å². The van der Waals surface area contributed by atoms with Crippen LogP contribution in [-0.2, 0) is 0 Å². The molecule has 2 N–H and O–H groups in total. The van der Waals surface area contributed by atoms with Crippen molar-refractivity contribution in [2.24, 2.45) is 0 Å². The molecule has 0 radical (unpaired) electrons. The Hall–Kier alpha value is -3.08. The van der Waals surface area contributed by atoms with E-state index < -0.39 is 0 Å². The Balaban J connectivity index is 1.45. The summed E-state index contributed by atoms with van der Waals surface area (Å²) in [6.45, 7) is 9.55. The van der Waals surface area contributed by atoms with E-state index in [4.69, 9.17) is 30.5 Å². The fourth-order valence-corrected chi connectivity index (χ4v) is 4.13. The third-order valence-electron chi connectivity index (χ3n) is 5.52. The van der Waals surface area contributed by atoms with E-state index in [-0.39, 0.29) is 12.9 Å². The number of nitrogens with zero attached hydrogens (tertiary/aromatic N) is 4. The van der Waals surface area contributed by atoms with Crippen molar-refractivity contribution < 1.29 is 18.9 Å². The summed E-state index contributed by atoms with van der Waals surface area (Å²) in [5.74, 6) is 2.66. The number of piperazine rings is 1. The Morgan fingerprint density at radius 3 is 2.85 bits per heavy atom. The first kappa shape index (κ1) is 22.7. The first-order valence-electron chi connectivity index (χ1n) is 11.3. The number of fused-ring (bicyclic) bond motifs is 2. The summed E-state index contributed by atoms with van der Waals surface area (Å²) < 4.78 is 23.2. The highest BCUT2D eigenvalue weighted by atomic mass is 35.5. The maximum absolute atomic E-state index is 6.42. The summed E-state index contributed by atoms with van der Waals surface area (Å²) in [6.07, 6.45) is 2.94. The highest BCUT2D eigenvalue weighted by Gasteiger charge is 2.24. The molecule has 0 spiro atoms. The molecule has 0 atom stereocenters. The van der Waals surface area contributed by atoms with E-state index in [2.05, 4.69) is 30.5 Å². The number of nitrogens with one attached hydrogen (secondary N) is 2. The quantitative estimate of drug-likeness (QED) is 0.493. The lowest BCUT2D eigenvalue weighted by atomic mass is 10.2. The predicted molar refractivity (Wildman–Crippen MR) is 129 cm³/mol. The van der Waals surface area contributed by atoms with Gasteiger partial charge >= 0.3 is 0 Å². The topological polar surface area (TPSA) is 103 Å². The average Bonchev–Trinajstić information content (AvgIpc) is 3.30. The minimum Gasteiger partial charge on any atom is -0.492 e. The fourth-order valence-electron chi connectivity index (χ4n) is 3.95. The molecule has 0 amide bonds. The van der Waals surface area contributed by atoms with Crippen LogP contribution < -0.4 is 29.6 Å².